The smallest absolute Gasteiger partial charge is 0.158 e. The van der Waals surface area contributed by atoms with Crippen LogP contribution in [0, 0.1) is 12.8 Å². The standard InChI is InChI=1S/C26H30N6O/c1-18-24-13-21(25-16-27-15-22(29-25)12-19-8-10-31(2)11-9-19)14-28-26(24)32(30-18)17-20-4-6-23(33-3)7-5-20/h4-7,13-16,19H,8-12,17H2,1-3H3. The Morgan fingerprint density at radius 3 is 2.61 bits per heavy atom. The van der Waals surface area contributed by atoms with Gasteiger partial charge >= 0.3 is 0 Å². The minimum absolute atomic E-state index is 0.659. The second-order valence-corrected chi connectivity index (χ2v) is 9.03. The van der Waals surface area contributed by atoms with Crippen LogP contribution >= 0.6 is 0 Å². The fraction of sp³-hybridized carbons (Fsp3) is 0.385. The first-order chi connectivity index (χ1) is 16.1. The zero-order chi connectivity index (χ0) is 22.8. The van der Waals surface area contributed by atoms with Crippen molar-refractivity contribution in [3.63, 3.8) is 0 Å². The number of hydrogen-bond donors (Lipinski definition) is 0. The number of piperidine rings is 1. The Balaban J connectivity index is 1.38. The summed E-state index contributed by atoms with van der Waals surface area (Å²) in [6, 6.07) is 10.2. The zero-order valence-electron chi connectivity index (χ0n) is 19.5. The highest BCUT2D eigenvalue weighted by Gasteiger charge is 2.18. The van der Waals surface area contributed by atoms with Crippen LogP contribution in [0.15, 0.2) is 48.9 Å². The van der Waals surface area contributed by atoms with Crippen LogP contribution < -0.4 is 4.74 Å². The zero-order valence-corrected chi connectivity index (χ0v) is 19.5. The van der Waals surface area contributed by atoms with Crippen LogP contribution in [0.1, 0.15) is 29.8 Å². The summed E-state index contributed by atoms with van der Waals surface area (Å²) in [6.45, 7) is 5.02. The van der Waals surface area contributed by atoms with Crippen molar-refractivity contribution in [1.29, 1.82) is 0 Å². The normalized spacial score (nSPS) is 15.2. The van der Waals surface area contributed by atoms with Crippen molar-refractivity contribution in [2.45, 2.75) is 32.7 Å². The van der Waals surface area contributed by atoms with E-state index in [4.69, 9.17) is 19.8 Å². The molecule has 0 spiro atoms. The van der Waals surface area contributed by atoms with E-state index < -0.39 is 0 Å². The molecule has 1 aromatic carbocycles. The number of likely N-dealkylation sites (tertiary alicyclic amines) is 1. The number of nitrogens with zero attached hydrogens (tertiary/aromatic N) is 6. The van der Waals surface area contributed by atoms with Gasteiger partial charge in [0.15, 0.2) is 5.65 Å². The quantitative estimate of drug-likeness (QED) is 0.447. The van der Waals surface area contributed by atoms with E-state index >= 15 is 0 Å². The largest absolute Gasteiger partial charge is 0.497 e. The van der Waals surface area contributed by atoms with Gasteiger partial charge in [-0.15, -0.1) is 0 Å². The molecule has 0 amide bonds. The third-order valence-corrected chi connectivity index (χ3v) is 6.58. The van der Waals surface area contributed by atoms with Crippen molar-refractivity contribution in [2.75, 3.05) is 27.2 Å². The highest BCUT2D eigenvalue weighted by molar-refractivity contribution is 5.82. The first kappa shape index (κ1) is 21.5. The molecule has 3 aromatic heterocycles. The molecule has 33 heavy (non-hydrogen) atoms. The van der Waals surface area contributed by atoms with E-state index in [0.29, 0.717) is 12.5 Å². The topological polar surface area (TPSA) is 69.0 Å². The van der Waals surface area contributed by atoms with Gasteiger partial charge in [0.1, 0.15) is 5.75 Å². The number of aryl methyl sites for hydroxylation is 1. The van der Waals surface area contributed by atoms with Gasteiger partial charge < -0.3 is 9.64 Å². The summed E-state index contributed by atoms with van der Waals surface area (Å²) in [7, 11) is 3.87. The lowest BCUT2D eigenvalue weighted by Gasteiger charge is -2.28. The summed E-state index contributed by atoms with van der Waals surface area (Å²) in [5.41, 5.74) is 5.91. The minimum Gasteiger partial charge on any atom is -0.497 e. The Labute approximate surface area is 194 Å². The highest BCUT2D eigenvalue weighted by atomic mass is 16.5. The highest BCUT2D eigenvalue weighted by Crippen LogP contribution is 2.25. The van der Waals surface area contributed by atoms with Crippen LogP contribution in [0.5, 0.6) is 5.75 Å². The Morgan fingerprint density at radius 2 is 1.85 bits per heavy atom. The van der Waals surface area contributed by atoms with Gasteiger partial charge in [-0.3, -0.25) is 4.98 Å². The van der Waals surface area contributed by atoms with Crippen molar-refractivity contribution in [3.05, 3.63) is 65.9 Å². The Hall–Kier alpha value is -3.32. The molecule has 1 aliphatic heterocycles. The average molecular weight is 443 g/mol. The van der Waals surface area contributed by atoms with E-state index in [1.165, 1.54) is 12.8 Å². The number of ether oxygens (including phenoxy) is 1. The molecule has 0 atom stereocenters. The Kier molecular flexibility index (Phi) is 6.05. The molecule has 0 unspecified atom stereocenters. The number of hydrogen-bond acceptors (Lipinski definition) is 6. The molecule has 7 heteroatoms. The van der Waals surface area contributed by atoms with E-state index in [1.807, 2.05) is 42.3 Å². The molecule has 5 rings (SSSR count). The predicted octanol–water partition coefficient (Wildman–Crippen LogP) is 4.14. The molecule has 7 nitrogen and oxygen atoms in total. The van der Waals surface area contributed by atoms with Crippen molar-refractivity contribution in [1.82, 2.24) is 29.6 Å². The van der Waals surface area contributed by atoms with Gasteiger partial charge in [0, 0.05) is 23.3 Å². The van der Waals surface area contributed by atoms with Crippen molar-refractivity contribution >= 4 is 11.0 Å². The van der Waals surface area contributed by atoms with E-state index in [-0.39, 0.29) is 0 Å². The monoisotopic (exact) mass is 442 g/mol. The third-order valence-electron chi connectivity index (χ3n) is 6.58. The Bertz CT molecular complexity index is 1240. The maximum atomic E-state index is 5.26. The molecule has 4 heterocycles. The number of aromatic nitrogens is 5. The van der Waals surface area contributed by atoms with Gasteiger partial charge in [-0.1, -0.05) is 12.1 Å². The molecule has 4 aromatic rings. The van der Waals surface area contributed by atoms with Gasteiger partial charge in [0.2, 0.25) is 0 Å². The van der Waals surface area contributed by atoms with E-state index in [9.17, 15) is 0 Å². The first-order valence-corrected chi connectivity index (χ1v) is 11.5. The van der Waals surface area contributed by atoms with Gasteiger partial charge in [-0.25, -0.2) is 14.6 Å². The van der Waals surface area contributed by atoms with Crippen LogP contribution in [0.2, 0.25) is 0 Å². The summed E-state index contributed by atoms with van der Waals surface area (Å²) in [5.74, 6) is 1.53. The van der Waals surface area contributed by atoms with Crippen molar-refractivity contribution in [2.24, 2.45) is 5.92 Å². The number of benzene rings is 1. The summed E-state index contributed by atoms with van der Waals surface area (Å²) >= 11 is 0. The van der Waals surface area contributed by atoms with Crippen molar-refractivity contribution < 1.29 is 4.74 Å². The molecule has 0 radical (unpaired) electrons. The molecule has 1 aliphatic rings. The number of fused-ring (bicyclic) bond motifs is 1. The second kappa shape index (κ2) is 9.27. The first-order valence-electron chi connectivity index (χ1n) is 11.5. The second-order valence-electron chi connectivity index (χ2n) is 9.03. The third kappa shape index (κ3) is 4.73. The van der Waals surface area contributed by atoms with Gasteiger partial charge in [0.25, 0.3) is 0 Å². The van der Waals surface area contributed by atoms with Crippen LogP contribution in [0.4, 0.5) is 0 Å². The SMILES string of the molecule is COc1ccc(Cn2nc(C)c3cc(-c4cncc(CC5CCN(C)CC5)n4)cnc32)cc1. The number of methoxy groups -OCH3 is 1. The van der Waals surface area contributed by atoms with E-state index in [0.717, 1.165) is 64.5 Å². The summed E-state index contributed by atoms with van der Waals surface area (Å²) < 4.78 is 7.21. The van der Waals surface area contributed by atoms with Crippen LogP contribution in [0.25, 0.3) is 22.3 Å². The van der Waals surface area contributed by atoms with E-state index in [2.05, 4.69) is 35.1 Å². The molecule has 0 N–H and O–H groups in total. The van der Waals surface area contributed by atoms with Gasteiger partial charge in [0.05, 0.1) is 36.9 Å². The van der Waals surface area contributed by atoms with Gasteiger partial charge in [-0.05, 0) is 76.0 Å². The fourth-order valence-electron chi connectivity index (χ4n) is 4.57. The fourth-order valence-corrected chi connectivity index (χ4v) is 4.57. The molecule has 170 valence electrons. The summed E-state index contributed by atoms with van der Waals surface area (Å²) in [5, 5.41) is 5.79. The summed E-state index contributed by atoms with van der Waals surface area (Å²) in [6.07, 6.45) is 9.07. The lowest BCUT2D eigenvalue weighted by molar-refractivity contribution is 0.218. The molecule has 1 fully saturated rings. The lowest BCUT2D eigenvalue weighted by Crippen LogP contribution is -2.31. The number of rotatable bonds is 6. The van der Waals surface area contributed by atoms with E-state index in [1.54, 1.807) is 7.11 Å². The average Bonchev–Trinajstić information content (AvgIpc) is 3.15. The summed E-state index contributed by atoms with van der Waals surface area (Å²) in [4.78, 5) is 16.6. The molecule has 0 saturated carbocycles. The van der Waals surface area contributed by atoms with Crippen LogP contribution in [0.3, 0.4) is 0 Å². The maximum absolute atomic E-state index is 5.26. The molecule has 1 saturated heterocycles. The predicted molar refractivity (Wildman–Crippen MR) is 129 cm³/mol. The van der Waals surface area contributed by atoms with Crippen LogP contribution in [-0.2, 0) is 13.0 Å². The van der Waals surface area contributed by atoms with Crippen molar-refractivity contribution in [3.8, 4) is 17.0 Å². The maximum Gasteiger partial charge on any atom is 0.158 e. The molecule has 0 aliphatic carbocycles. The van der Waals surface area contributed by atoms with Crippen LogP contribution in [-0.4, -0.2) is 56.9 Å². The Morgan fingerprint density at radius 1 is 1.06 bits per heavy atom. The lowest BCUT2D eigenvalue weighted by atomic mass is 9.92. The number of pyridine rings is 1. The minimum atomic E-state index is 0.659. The van der Waals surface area contributed by atoms with Gasteiger partial charge in [-0.2, -0.15) is 5.10 Å². The molecular weight excluding hydrogens is 412 g/mol. The molecular formula is C26H30N6O. The molecule has 0 bridgehead atoms.